The van der Waals surface area contributed by atoms with Crippen molar-refractivity contribution in [3.8, 4) is 0 Å². The van der Waals surface area contributed by atoms with Crippen molar-refractivity contribution >= 4 is 21.4 Å². The molecule has 1 unspecified atom stereocenters. The van der Waals surface area contributed by atoms with E-state index in [1.165, 1.54) is 6.92 Å². The van der Waals surface area contributed by atoms with E-state index >= 15 is 0 Å². The molecule has 3 N–H and O–H groups in total. The summed E-state index contributed by atoms with van der Waals surface area (Å²) in [5, 5.41) is 1.23. The van der Waals surface area contributed by atoms with E-state index in [9.17, 15) is 17.6 Å². The first-order valence-electron chi connectivity index (χ1n) is 5.87. The van der Waals surface area contributed by atoms with Gasteiger partial charge in [-0.2, -0.15) is 0 Å². The molecule has 0 aliphatic heterocycles. The number of halogens is 1. The Bertz CT molecular complexity index is 572. The molecule has 7 heteroatoms. The number of nitrogens with one attached hydrogen (secondary N) is 1. The molecule has 0 saturated heterocycles. The van der Waals surface area contributed by atoms with Crippen LogP contribution in [0.5, 0.6) is 0 Å². The minimum absolute atomic E-state index is 0.199. The van der Waals surface area contributed by atoms with Crippen LogP contribution in [0.4, 0.5) is 10.1 Å². The van der Waals surface area contributed by atoms with Crippen LogP contribution in [-0.4, -0.2) is 26.1 Å². The number of carbonyl (C=O) groups is 1. The molecule has 0 radical (unpaired) electrons. The highest BCUT2D eigenvalue weighted by Crippen LogP contribution is 2.23. The second-order valence-electron chi connectivity index (χ2n) is 4.16. The molecule has 1 aromatic carbocycles. The molecule has 0 aromatic heterocycles. The first kappa shape index (κ1) is 15.4. The smallest absolute Gasteiger partial charge is 0.238 e. The van der Waals surface area contributed by atoms with Crippen LogP contribution in [-0.2, 0) is 14.6 Å². The first-order valence-corrected chi connectivity index (χ1v) is 7.42. The number of hydrogen-bond donors (Lipinski definition) is 2. The van der Waals surface area contributed by atoms with E-state index < -0.39 is 26.8 Å². The van der Waals surface area contributed by atoms with E-state index in [1.807, 2.05) is 6.92 Å². The molecule has 0 heterocycles. The van der Waals surface area contributed by atoms with Crippen LogP contribution in [0.25, 0.3) is 0 Å². The molecule has 0 aliphatic rings. The predicted molar refractivity (Wildman–Crippen MR) is 70.8 cm³/mol. The maximum Gasteiger partial charge on any atom is 0.238 e. The van der Waals surface area contributed by atoms with Gasteiger partial charge in [0.1, 0.15) is 11.1 Å². The molecule has 0 saturated carbocycles. The number of anilines is 1. The number of sulfone groups is 1. The monoisotopic (exact) mass is 288 g/mol. The van der Waals surface area contributed by atoms with Crippen LogP contribution < -0.4 is 11.1 Å². The molecule has 0 spiro atoms. The van der Waals surface area contributed by atoms with Crippen molar-refractivity contribution < 1.29 is 17.6 Å². The van der Waals surface area contributed by atoms with Gasteiger partial charge in [-0.15, -0.1) is 0 Å². The number of rotatable bonds is 5. The predicted octanol–water partition coefficient (Wildman–Crippen LogP) is 1.10. The van der Waals surface area contributed by atoms with Gasteiger partial charge in [0.15, 0.2) is 9.84 Å². The van der Waals surface area contributed by atoms with Crippen LogP contribution in [0.15, 0.2) is 23.1 Å². The van der Waals surface area contributed by atoms with E-state index in [-0.39, 0.29) is 10.6 Å². The SMILES string of the molecule is CCCNC(=O)C(C)S(=O)(=O)c1ccc(F)cc1N. The maximum atomic E-state index is 12.9. The third kappa shape index (κ3) is 3.44. The van der Waals surface area contributed by atoms with Crippen LogP contribution in [0.3, 0.4) is 0 Å². The van der Waals surface area contributed by atoms with E-state index in [2.05, 4.69) is 5.32 Å². The number of amides is 1. The Balaban J connectivity index is 3.06. The molecule has 1 aromatic rings. The van der Waals surface area contributed by atoms with Crippen molar-refractivity contribution in [2.75, 3.05) is 12.3 Å². The molecule has 1 rings (SSSR count). The van der Waals surface area contributed by atoms with E-state index in [4.69, 9.17) is 5.73 Å². The van der Waals surface area contributed by atoms with Gasteiger partial charge in [0.2, 0.25) is 5.91 Å². The molecule has 19 heavy (non-hydrogen) atoms. The summed E-state index contributed by atoms with van der Waals surface area (Å²) in [5.41, 5.74) is 5.30. The molecule has 1 atom stereocenters. The third-order valence-electron chi connectivity index (χ3n) is 2.66. The Morgan fingerprint density at radius 3 is 2.63 bits per heavy atom. The van der Waals surface area contributed by atoms with Crippen LogP contribution in [0, 0.1) is 5.82 Å². The second kappa shape index (κ2) is 6.01. The van der Waals surface area contributed by atoms with Crippen molar-refractivity contribution in [3.05, 3.63) is 24.0 Å². The Kier molecular flexibility index (Phi) is 4.88. The average Bonchev–Trinajstić information content (AvgIpc) is 2.34. The van der Waals surface area contributed by atoms with Crippen molar-refractivity contribution in [3.63, 3.8) is 0 Å². The zero-order chi connectivity index (χ0) is 14.6. The molecule has 106 valence electrons. The van der Waals surface area contributed by atoms with Crippen LogP contribution in [0.2, 0.25) is 0 Å². The quantitative estimate of drug-likeness (QED) is 0.627. The van der Waals surface area contributed by atoms with Gasteiger partial charge in [-0.25, -0.2) is 12.8 Å². The molecular weight excluding hydrogens is 271 g/mol. The van der Waals surface area contributed by atoms with Gasteiger partial charge in [0.25, 0.3) is 0 Å². The molecule has 5 nitrogen and oxygen atoms in total. The lowest BCUT2D eigenvalue weighted by Gasteiger charge is -2.14. The van der Waals surface area contributed by atoms with Gasteiger partial charge in [0, 0.05) is 6.54 Å². The number of hydrogen-bond acceptors (Lipinski definition) is 4. The summed E-state index contributed by atoms with van der Waals surface area (Å²) in [5.74, 6) is -1.22. The van der Waals surface area contributed by atoms with Crippen LogP contribution in [0.1, 0.15) is 20.3 Å². The average molecular weight is 288 g/mol. The minimum atomic E-state index is -3.92. The van der Waals surface area contributed by atoms with Gasteiger partial charge in [0.05, 0.1) is 10.6 Å². The molecule has 0 aliphatic carbocycles. The van der Waals surface area contributed by atoms with Crippen molar-refractivity contribution in [2.24, 2.45) is 0 Å². The molecule has 0 bridgehead atoms. The molecular formula is C12H17FN2O3S. The van der Waals surface area contributed by atoms with E-state index in [1.54, 1.807) is 0 Å². The van der Waals surface area contributed by atoms with Gasteiger partial charge in [-0.1, -0.05) is 6.92 Å². The Morgan fingerprint density at radius 2 is 2.11 bits per heavy atom. The highest BCUT2D eigenvalue weighted by molar-refractivity contribution is 7.93. The lowest BCUT2D eigenvalue weighted by Crippen LogP contribution is -2.38. The van der Waals surface area contributed by atoms with Gasteiger partial charge >= 0.3 is 0 Å². The third-order valence-corrected chi connectivity index (χ3v) is 4.79. The van der Waals surface area contributed by atoms with Crippen molar-refractivity contribution in [1.82, 2.24) is 5.32 Å². The van der Waals surface area contributed by atoms with E-state index in [0.29, 0.717) is 13.0 Å². The fourth-order valence-electron chi connectivity index (χ4n) is 1.50. The van der Waals surface area contributed by atoms with Crippen LogP contribution >= 0.6 is 0 Å². The maximum absolute atomic E-state index is 12.9. The van der Waals surface area contributed by atoms with Crippen molar-refractivity contribution in [2.45, 2.75) is 30.4 Å². The number of nitrogen functional groups attached to an aromatic ring is 1. The normalized spacial score (nSPS) is 13.0. The summed E-state index contributed by atoms with van der Waals surface area (Å²) in [6.45, 7) is 3.54. The van der Waals surface area contributed by atoms with E-state index in [0.717, 1.165) is 18.2 Å². The second-order valence-corrected chi connectivity index (χ2v) is 6.40. The number of carbonyl (C=O) groups excluding carboxylic acids is 1. The summed E-state index contributed by atoms with van der Waals surface area (Å²) in [6, 6.07) is 2.99. The number of nitrogens with two attached hydrogens (primary N) is 1. The standard InChI is InChI=1S/C12H17FN2O3S/c1-3-6-15-12(16)8(2)19(17,18)11-5-4-9(13)7-10(11)14/h4-5,7-8H,3,6,14H2,1-2H3,(H,15,16). The highest BCUT2D eigenvalue weighted by atomic mass is 32.2. The summed E-state index contributed by atoms with van der Waals surface area (Å²) in [6.07, 6.45) is 0.706. The zero-order valence-corrected chi connectivity index (χ0v) is 11.6. The summed E-state index contributed by atoms with van der Waals surface area (Å²) >= 11 is 0. The lowest BCUT2D eigenvalue weighted by atomic mass is 10.3. The lowest BCUT2D eigenvalue weighted by molar-refractivity contribution is -0.120. The largest absolute Gasteiger partial charge is 0.398 e. The Morgan fingerprint density at radius 1 is 1.47 bits per heavy atom. The van der Waals surface area contributed by atoms with Gasteiger partial charge in [-0.05, 0) is 31.5 Å². The molecule has 0 fully saturated rings. The number of benzene rings is 1. The van der Waals surface area contributed by atoms with Crippen molar-refractivity contribution in [1.29, 1.82) is 0 Å². The molecule has 1 amide bonds. The fraction of sp³-hybridized carbons (Fsp3) is 0.417. The fourth-order valence-corrected chi connectivity index (χ4v) is 2.89. The first-order chi connectivity index (χ1) is 8.80. The topological polar surface area (TPSA) is 89.3 Å². The Labute approximate surface area is 111 Å². The van der Waals surface area contributed by atoms with Gasteiger partial charge < -0.3 is 11.1 Å². The summed E-state index contributed by atoms with van der Waals surface area (Å²) in [4.78, 5) is 11.5. The van der Waals surface area contributed by atoms with Gasteiger partial charge in [-0.3, -0.25) is 4.79 Å². The summed E-state index contributed by atoms with van der Waals surface area (Å²) < 4.78 is 37.3. The summed E-state index contributed by atoms with van der Waals surface area (Å²) in [7, 11) is -3.92. The minimum Gasteiger partial charge on any atom is -0.398 e. The Hall–Kier alpha value is -1.63. The highest BCUT2D eigenvalue weighted by Gasteiger charge is 2.31. The zero-order valence-electron chi connectivity index (χ0n) is 10.8.